The number of unbranched alkanes of at least 4 members (excludes halogenated alkanes) is 1. The van der Waals surface area contributed by atoms with E-state index in [0.717, 1.165) is 25.9 Å². The van der Waals surface area contributed by atoms with Gasteiger partial charge in [0.1, 0.15) is 12.1 Å². The lowest BCUT2D eigenvalue weighted by atomic mass is 10.00. The molecule has 7 heteroatoms. The summed E-state index contributed by atoms with van der Waals surface area (Å²) in [5.74, 6) is 0.0561. The Morgan fingerprint density at radius 2 is 2.17 bits per heavy atom. The van der Waals surface area contributed by atoms with E-state index >= 15 is 0 Å². The molecule has 2 fully saturated rings. The van der Waals surface area contributed by atoms with E-state index < -0.39 is 0 Å². The normalized spacial score (nSPS) is 25.3. The van der Waals surface area contributed by atoms with Gasteiger partial charge in [-0.15, -0.1) is 11.3 Å². The highest BCUT2D eigenvalue weighted by atomic mass is 32.1. The molecule has 2 aliphatic heterocycles. The number of piperazine rings is 2. The van der Waals surface area contributed by atoms with Gasteiger partial charge in [-0.3, -0.25) is 14.5 Å². The molecule has 0 aliphatic carbocycles. The van der Waals surface area contributed by atoms with Gasteiger partial charge < -0.3 is 16.0 Å². The van der Waals surface area contributed by atoms with Crippen LogP contribution in [0.15, 0.2) is 17.5 Å². The highest BCUT2D eigenvalue weighted by molar-refractivity contribution is 7.09. The summed E-state index contributed by atoms with van der Waals surface area (Å²) in [6.07, 6.45) is 2.44. The second-order valence-corrected chi connectivity index (χ2v) is 7.24. The molecule has 2 amide bonds. The Labute approximate surface area is 140 Å². The third-order valence-electron chi connectivity index (χ3n) is 4.57. The average molecular weight is 336 g/mol. The van der Waals surface area contributed by atoms with Gasteiger partial charge in [0.2, 0.25) is 11.8 Å². The summed E-state index contributed by atoms with van der Waals surface area (Å²) < 4.78 is 0. The monoisotopic (exact) mass is 336 g/mol. The molecule has 0 spiro atoms. The maximum atomic E-state index is 12.6. The molecular formula is C16H24N4O2S. The first-order chi connectivity index (χ1) is 11.2. The van der Waals surface area contributed by atoms with Gasteiger partial charge in [-0.1, -0.05) is 6.07 Å². The molecule has 1 aromatic heterocycles. The lowest BCUT2D eigenvalue weighted by Gasteiger charge is -2.45. The smallest absolute Gasteiger partial charge is 0.245 e. The van der Waals surface area contributed by atoms with Crippen LogP contribution < -0.4 is 11.1 Å². The van der Waals surface area contributed by atoms with Crippen LogP contribution in [0.4, 0.5) is 0 Å². The molecule has 2 aliphatic rings. The minimum atomic E-state index is -0.367. The number of nitrogens with two attached hydrogens (primary N) is 1. The molecule has 1 aromatic rings. The fraction of sp³-hybridized carbons (Fsp3) is 0.625. The Morgan fingerprint density at radius 3 is 2.91 bits per heavy atom. The second kappa shape index (κ2) is 7.42. The van der Waals surface area contributed by atoms with Crippen molar-refractivity contribution >= 4 is 23.2 Å². The van der Waals surface area contributed by atoms with Crippen molar-refractivity contribution in [1.29, 1.82) is 0 Å². The number of fused-ring (bicyclic) bond motifs is 1. The SMILES string of the molecule is NCCCC[C@@H]1NC(=O)[C@H]2CN(Cc3cccs3)CCN2C1=O. The zero-order chi connectivity index (χ0) is 16.2. The summed E-state index contributed by atoms with van der Waals surface area (Å²) in [6.45, 7) is 3.55. The molecule has 3 rings (SSSR count). The summed E-state index contributed by atoms with van der Waals surface area (Å²) >= 11 is 1.73. The summed E-state index contributed by atoms with van der Waals surface area (Å²) in [7, 11) is 0. The van der Waals surface area contributed by atoms with E-state index in [-0.39, 0.29) is 23.9 Å². The Balaban J connectivity index is 1.59. The van der Waals surface area contributed by atoms with Gasteiger partial charge >= 0.3 is 0 Å². The number of carbonyl (C=O) groups is 2. The van der Waals surface area contributed by atoms with Gasteiger partial charge in [-0.2, -0.15) is 0 Å². The van der Waals surface area contributed by atoms with Crippen molar-refractivity contribution in [3.8, 4) is 0 Å². The number of carbonyl (C=O) groups excluding carboxylic acids is 2. The van der Waals surface area contributed by atoms with Crippen LogP contribution in [0.25, 0.3) is 0 Å². The van der Waals surface area contributed by atoms with Crippen molar-refractivity contribution < 1.29 is 9.59 Å². The maximum absolute atomic E-state index is 12.6. The maximum Gasteiger partial charge on any atom is 0.245 e. The van der Waals surface area contributed by atoms with Crippen LogP contribution in [0.1, 0.15) is 24.1 Å². The van der Waals surface area contributed by atoms with Crippen LogP contribution in [-0.4, -0.2) is 59.9 Å². The van der Waals surface area contributed by atoms with Crippen LogP contribution in [-0.2, 0) is 16.1 Å². The molecule has 2 atom stereocenters. The molecule has 2 saturated heterocycles. The zero-order valence-electron chi connectivity index (χ0n) is 13.2. The Kier molecular flexibility index (Phi) is 5.30. The van der Waals surface area contributed by atoms with Gasteiger partial charge in [0, 0.05) is 31.1 Å². The molecule has 0 radical (unpaired) electrons. The van der Waals surface area contributed by atoms with Gasteiger partial charge in [-0.25, -0.2) is 0 Å². The summed E-state index contributed by atoms with van der Waals surface area (Å²) in [5.41, 5.74) is 5.50. The number of nitrogens with zero attached hydrogens (tertiary/aromatic N) is 2. The van der Waals surface area contributed by atoms with Crippen molar-refractivity contribution in [2.45, 2.75) is 37.9 Å². The first-order valence-electron chi connectivity index (χ1n) is 8.24. The highest BCUT2D eigenvalue weighted by Gasteiger charge is 2.42. The lowest BCUT2D eigenvalue weighted by Crippen LogP contribution is -2.69. The van der Waals surface area contributed by atoms with Crippen molar-refractivity contribution in [3.05, 3.63) is 22.4 Å². The van der Waals surface area contributed by atoms with E-state index in [1.54, 1.807) is 16.2 Å². The highest BCUT2D eigenvalue weighted by Crippen LogP contribution is 2.21. The first-order valence-corrected chi connectivity index (χ1v) is 9.12. The molecule has 6 nitrogen and oxygen atoms in total. The minimum Gasteiger partial charge on any atom is -0.342 e. The number of amides is 2. The summed E-state index contributed by atoms with van der Waals surface area (Å²) in [6, 6.07) is 3.44. The molecule has 3 heterocycles. The fourth-order valence-electron chi connectivity index (χ4n) is 3.31. The number of thiophene rings is 1. The van der Waals surface area contributed by atoms with Gasteiger partial charge in [0.25, 0.3) is 0 Å². The predicted octanol–water partition coefficient (Wildman–Crippen LogP) is 0.388. The Bertz CT molecular complexity index is 548. The number of hydrogen-bond donors (Lipinski definition) is 2. The summed E-state index contributed by atoms with van der Waals surface area (Å²) in [5, 5.41) is 4.97. The Hall–Kier alpha value is -1.44. The molecule has 126 valence electrons. The van der Waals surface area contributed by atoms with Crippen LogP contribution in [0.5, 0.6) is 0 Å². The number of nitrogens with one attached hydrogen (secondary N) is 1. The molecule has 0 aromatic carbocycles. The molecule has 0 unspecified atom stereocenters. The lowest BCUT2D eigenvalue weighted by molar-refractivity contribution is -0.153. The number of hydrogen-bond acceptors (Lipinski definition) is 5. The van der Waals surface area contributed by atoms with Crippen LogP contribution >= 0.6 is 11.3 Å². The predicted molar refractivity (Wildman–Crippen MR) is 89.9 cm³/mol. The van der Waals surface area contributed by atoms with Crippen LogP contribution in [0, 0.1) is 0 Å². The van der Waals surface area contributed by atoms with Gasteiger partial charge in [0.15, 0.2) is 0 Å². The third-order valence-corrected chi connectivity index (χ3v) is 5.43. The molecule has 3 N–H and O–H groups in total. The van der Waals surface area contributed by atoms with Gasteiger partial charge in [0.05, 0.1) is 0 Å². The van der Waals surface area contributed by atoms with E-state index in [1.165, 1.54) is 4.88 Å². The average Bonchev–Trinajstić information content (AvgIpc) is 3.05. The Morgan fingerprint density at radius 1 is 1.30 bits per heavy atom. The van der Waals surface area contributed by atoms with Crippen molar-refractivity contribution in [2.24, 2.45) is 5.73 Å². The van der Waals surface area contributed by atoms with E-state index in [9.17, 15) is 9.59 Å². The quantitative estimate of drug-likeness (QED) is 0.737. The largest absolute Gasteiger partial charge is 0.342 e. The van der Waals surface area contributed by atoms with E-state index in [2.05, 4.69) is 21.7 Å². The molecule has 0 bridgehead atoms. The first kappa shape index (κ1) is 16.4. The van der Waals surface area contributed by atoms with E-state index in [4.69, 9.17) is 5.73 Å². The zero-order valence-corrected chi connectivity index (χ0v) is 14.1. The van der Waals surface area contributed by atoms with E-state index in [1.807, 2.05) is 6.07 Å². The van der Waals surface area contributed by atoms with Crippen molar-refractivity contribution in [2.75, 3.05) is 26.2 Å². The van der Waals surface area contributed by atoms with Crippen molar-refractivity contribution in [1.82, 2.24) is 15.1 Å². The standard InChI is InChI=1S/C16H24N4O2S/c17-6-2-1-5-13-16(22)20-8-7-19(10-12-4-3-9-23-12)11-14(20)15(21)18-13/h3-4,9,13-14H,1-2,5-8,10-11,17H2,(H,18,21)/t13-,14+/m0/s1. The van der Waals surface area contributed by atoms with Crippen LogP contribution in [0.2, 0.25) is 0 Å². The molecule has 23 heavy (non-hydrogen) atoms. The number of rotatable bonds is 6. The van der Waals surface area contributed by atoms with Gasteiger partial charge in [-0.05, 0) is 37.3 Å². The fourth-order valence-corrected chi connectivity index (χ4v) is 4.06. The molecule has 0 saturated carbocycles. The summed E-state index contributed by atoms with van der Waals surface area (Å²) in [4.78, 5) is 30.3. The topological polar surface area (TPSA) is 78.7 Å². The van der Waals surface area contributed by atoms with Crippen molar-refractivity contribution in [3.63, 3.8) is 0 Å². The second-order valence-electron chi connectivity index (χ2n) is 6.21. The van der Waals surface area contributed by atoms with E-state index in [0.29, 0.717) is 26.1 Å². The minimum absolute atomic E-state index is 0.0155. The van der Waals surface area contributed by atoms with Crippen LogP contribution in [0.3, 0.4) is 0 Å². The third kappa shape index (κ3) is 3.73. The molecular weight excluding hydrogens is 312 g/mol.